The van der Waals surface area contributed by atoms with Crippen LogP contribution in [0.1, 0.15) is 42.1 Å². The molecule has 0 spiro atoms. The van der Waals surface area contributed by atoms with Crippen LogP contribution in [0.15, 0.2) is 72.8 Å². The van der Waals surface area contributed by atoms with Crippen molar-refractivity contribution < 1.29 is 19.4 Å². The van der Waals surface area contributed by atoms with Gasteiger partial charge in [-0.3, -0.25) is 4.79 Å². The summed E-state index contributed by atoms with van der Waals surface area (Å²) in [6, 6.07) is 22.2. The number of hydrogen-bond acceptors (Lipinski definition) is 3. The fourth-order valence-electron chi connectivity index (χ4n) is 3.44. The number of ether oxygens (including phenoxy) is 1. The monoisotopic (exact) mass is 417 g/mol. The fourth-order valence-corrected chi connectivity index (χ4v) is 3.44. The van der Waals surface area contributed by atoms with Crippen molar-refractivity contribution >= 4 is 17.6 Å². The number of amides is 1. The first kappa shape index (κ1) is 22.1. The molecule has 31 heavy (non-hydrogen) atoms. The lowest BCUT2D eigenvalue weighted by atomic mass is 10.0. The van der Waals surface area contributed by atoms with Crippen molar-refractivity contribution in [3.05, 3.63) is 83.9 Å². The van der Waals surface area contributed by atoms with E-state index >= 15 is 0 Å². The molecule has 0 saturated carbocycles. The van der Waals surface area contributed by atoms with Crippen LogP contribution in [0.4, 0.5) is 5.69 Å². The van der Waals surface area contributed by atoms with Gasteiger partial charge < -0.3 is 14.7 Å². The molecule has 0 atom stereocenters. The van der Waals surface area contributed by atoms with Crippen molar-refractivity contribution in [3.63, 3.8) is 0 Å². The highest BCUT2D eigenvalue weighted by molar-refractivity contribution is 5.94. The smallest absolute Gasteiger partial charge is 0.335 e. The van der Waals surface area contributed by atoms with Crippen LogP contribution < -0.4 is 9.64 Å². The number of hydrogen-bond donors (Lipinski definition) is 1. The third-order valence-electron chi connectivity index (χ3n) is 5.16. The molecule has 5 heteroatoms. The standard InChI is InChI=1S/C26H27NO4/c1-3-4-12-25(28)27(23-10-5-6-11-24(23)31-2)18-19-13-15-20(16-14-19)21-8-7-9-22(17-21)26(29)30/h5-11,13-17H,3-4,12,18H2,1-2H3,(H,29,30). The van der Waals surface area contributed by atoms with Crippen molar-refractivity contribution in [1.29, 1.82) is 0 Å². The average Bonchev–Trinajstić information content (AvgIpc) is 2.81. The summed E-state index contributed by atoms with van der Waals surface area (Å²) in [6.45, 7) is 2.50. The Bertz CT molecular complexity index is 1040. The van der Waals surface area contributed by atoms with Crippen LogP contribution in [0.2, 0.25) is 0 Å². The molecule has 3 aromatic carbocycles. The normalized spacial score (nSPS) is 10.5. The van der Waals surface area contributed by atoms with Crippen molar-refractivity contribution in [1.82, 2.24) is 0 Å². The molecule has 3 aromatic rings. The molecule has 0 aliphatic rings. The Morgan fingerprint density at radius 1 is 0.935 bits per heavy atom. The maximum atomic E-state index is 13.0. The largest absolute Gasteiger partial charge is 0.495 e. The van der Waals surface area contributed by atoms with Gasteiger partial charge in [0.2, 0.25) is 5.91 Å². The summed E-state index contributed by atoms with van der Waals surface area (Å²) in [5.74, 6) is -0.226. The second-order valence-corrected chi connectivity index (χ2v) is 7.34. The number of aromatic carboxylic acids is 1. The Morgan fingerprint density at radius 3 is 2.35 bits per heavy atom. The molecule has 0 radical (unpaired) electrons. The molecule has 0 unspecified atom stereocenters. The summed E-state index contributed by atoms with van der Waals surface area (Å²) < 4.78 is 5.48. The Kier molecular flexibility index (Phi) is 7.44. The van der Waals surface area contributed by atoms with Crippen LogP contribution in [0.25, 0.3) is 11.1 Å². The number of methoxy groups -OCH3 is 1. The first-order valence-electron chi connectivity index (χ1n) is 10.4. The molecule has 1 N–H and O–H groups in total. The number of carboxylic acids is 1. The molecule has 1 amide bonds. The summed E-state index contributed by atoms with van der Waals surface area (Å²) in [7, 11) is 1.60. The van der Waals surface area contributed by atoms with E-state index in [4.69, 9.17) is 4.74 Å². The van der Waals surface area contributed by atoms with Crippen LogP contribution in [0.5, 0.6) is 5.75 Å². The van der Waals surface area contributed by atoms with Gasteiger partial charge in [-0.2, -0.15) is 0 Å². The van der Waals surface area contributed by atoms with E-state index in [1.165, 1.54) is 0 Å². The van der Waals surface area contributed by atoms with Gasteiger partial charge in [0.25, 0.3) is 0 Å². The lowest BCUT2D eigenvalue weighted by molar-refractivity contribution is -0.118. The molecule has 0 bridgehead atoms. The van der Waals surface area contributed by atoms with Crippen LogP contribution in [-0.4, -0.2) is 24.1 Å². The minimum absolute atomic E-state index is 0.0598. The predicted octanol–water partition coefficient (Wildman–Crippen LogP) is 5.78. The topological polar surface area (TPSA) is 66.8 Å². The lowest BCUT2D eigenvalue weighted by Crippen LogP contribution is -2.30. The van der Waals surface area contributed by atoms with E-state index in [1.54, 1.807) is 30.2 Å². The van der Waals surface area contributed by atoms with Crippen LogP contribution in [-0.2, 0) is 11.3 Å². The van der Waals surface area contributed by atoms with E-state index in [2.05, 4.69) is 6.92 Å². The summed E-state index contributed by atoms with van der Waals surface area (Å²) in [4.78, 5) is 26.0. The number of benzene rings is 3. The molecular formula is C26H27NO4. The molecule has 0 fully saturated rings. The number of rotatable bonds is 9. The SMILES string of the molecule is CCCCC(=O)N(Cc1ccc(-c2cccc(C(=O)O)c2)cc1)c1ccccc1OC. The number of unbranched alkanes of at least 4 members (excludes halogenated alkanes) is 1. The molecule has 0 aliphatic heterocycles. The summed E-state index contributed by atoms with van der Waals surface area (Å²) >= 11 is 0. The van der Waals surface area contributed by atoms with Gasteiger partial charge in [-0.1, -0.05) is 61.9 Å². The molecule has 5 nitrogen and oxygen atoms in total. The highest BCUT2D eigenvalue weighted by Gasteiger charge is 2.19. The summed E-state index contributed by atoms with van der Waals surface area (Å²) in [5, 5.41) is 9.22. The zero-order valence-corrected chi connectivity index (χ0v) is 17.9. The second kappa shape index (κ2) is 10.4. The van der Waals surface area contributed by atoms with Gasteiger partial charge in [0.15, 0.2) is 0 Å². The third-order valence-corrected chi connectivity index (χ3v) is 5.16. The molecule has 160 valence electrons. The van der Waals surface area contributed by atoms with Gasteiger partial charge in [0, 0.05) is 6.42 Å². The Labute approximate surface area is 182 Å². The van der Waals surface area contributed by atoms with E-state index in [1.807, 2.05) is 54.6 Å². The number of carboxylic acid groups (broad SMARTS) is 1. The van der Waals surface area contributed by atoms with Gasteiger partial charge in [0.05, 0.1) is 24.9 Å². The van der Waals surface area contributed by atoms with E-state index in [0.29, 0.717) is 18.7 Å². The lowest BCUT2D eigenvalue weighted by Gasteiger charge is -2.25. The zero-order chi connectivity index (χ0) is 22.2. The Morgan fingerprint density at radius 2 is 1.68 bits per heavy atom. The van der Waals surface area contributed by atoms with Crippen LogP contribution in [0.3, 0.4) is 0 Å². The Balaban J connectivity index is 1.87. The zero-order valence-electron chi connectivity index (χ0n) is 17.9. The first-order chi connectivity index (χ1) is 15.0. The highest BCUT2D eigenvalue weighted by Crippen LogP contribution is 2.30. The molecule has 0 aromatic heterocycles. The Hall–Kier alpha value is -3.60. The van der Waals surface area contributed by atoms with E-state index in [0.717, 1.165) is 35.2 Å². The first-order valence-corrected chi connectivity index (χ1v) is 10.4. The average molecular weight is 418 g/mol. The van der Waals surface area contributed by atoms with Gasteiger partial charge >= 0.3 is 5.97 Å². The minimum atomic E-state index is -0.948. The third kappa shape index (κ3) is 5.51. The van der Waals surface area contributed by atoms with Gasteiger partial charge in [0.1, 0.15) is 5.75 Å². The van der Waals surface area contributed by atoms with E-state index in [-0.39, 0.29) is 11.5 Å². The van der Waals surface area contributed by atoms with Crippen molar-refractivity contribution in [2.45, 2.75) is 32.7 Å². The molecule has 3 rings (SSSR count). The highest BCUT2D eigenvalue weighted by atomic mass is 16.5. The molecule has 0 aliphatic carbocycles. The molecule has 0 saturated heterocycles. The number of carbonyl (C=O) groups excluding carboxylic acids is 1. The van der Waals surface area contributed by atoms with Gasteiger partial charge in [-0.05, 0) is 47.4 Å². The number of anilines is 1. The van der Waals surface area contributed by atoms with Crippen molar-refractivity contribution in [2.75, 3.05) is 12.0 Å². The molecular weight excluding hydrogens is 390 g/mol. The van der Waals surface area contributed by atoms with E-state index in [9.17, 15) is 14.7 Å². The van der Waals surface area contributed by atoms with Crippen LogP contribution in [0, 0.1) is 0 Å². The van der Waals surface area contributed by atoms with Gasteiger partial charge in [-0.25, -0.2) is 4.79 Å². The number of para-hydroxylation sites is 2. The maximum absolute atomic E-state index is 13.0. The summed E-state index contributed by atoms with van der Waals surface area (Å²) in [5.41, 5.74) is 3.75. The van der Waals surface area contributed by atoms with E-state index < -0.39 is 5.97 Å². The van der Waals surface area contributed by atoms with Crippen molar-refractivity contribution in [2.24, 2.45) is 0 Å². The number of nitrogens with zero attached hydrogens (tertiary/aromatic N) is 1. The fraction of sp³-hybridized carbons (Fsp3) is 0.231. The second-order valence-electron chi connectivity index (χ2n) is 7.34. The van der Waals surface area contributed by atoms with Gasteiger partial charge in [-0.15, -0.1) is 0 Å². The van der Waals surface area contributed by atoms with Crippen molar-refractivity contribution in [3.8, 4) is 16.9 Å². The number of carbonyl (C=O) groups is 2. The van der Waals surface area contributed by atoms with Crippen LogP contribution >= 0.6 is 0 Å². The predicted molar refractivity (Wildman–Crippen MR) is 123 cm³/mol. The maximum Gasteiger partial charge on any atom is 0.335 e. The molecule has 0 heterocycles. The summed E-state index contributed by atoms with van der Waals surface area (Å²) in [6.07, 6.45) is 2.27. The minimum Gasteiger partial charge on any atom is -0.495 e. The quantitative estimate of drug-likeness (QED) is 0.479.